The molecule has 1 aromatic heterocycles. The molecule has 14 heavy (non-hydrogen) atoms. The average molecular weight is 252 g/mol. The normalized spacial score (nSPS) is 19.6. The summed E-state index contributed by atoms with van der Waals surface area (Å²) in [4.78, 5) is 5.10. The van der Waals surface area contributed by atoms with Gasteiger partial charge in [0.05, 0.1) is 9.75 Å². The Morgan fingerprint density at radius 1 is 1.64 bits per heavy atom. The van der Waals surface area contributed by atoms with E-state index in [1.807, 2.05) is 6.92 Å². The number of aryl methyl sites for hydroxylation is 1. The first-order valence-electron chi connectivity index (χ1n) is 4.28. The van der Waals surface area contributed by atoms with Crippen LogP contribution in [-0.4, -0.2) is 18.1 Å². The van der Waals surface area contributed by atoms with Crippen molar-refractivity contribution >= 4 is 31.1 Å². The van der Waals surface area contributed by atoms with E-state index in [2.05, 4.69) is 4.98 Å². The van der Waals surface area contributed by atoms with Gasteiger partial charge in [0.2, 0.25) is 9.05 Å². The molecule has 0 amide bonds. The maximum Gasteiger partial charge on any atom is 0.238 e. The summed E-state index contributed by atoms with van der Waals surface area (Å²) in [5.74, 6) is 0. The Morgan fingerprint density at radius 3 is 2.64 bits per heavy atom. The summed E-state index contributed by atoms with van der Waals surface area (Å²) in [5, 5.41) is 0.961. The average Bonchev–Trinajstić information content (AvgIpc) is 2.71. The second-order valence-electron chi connectivity index (χ2n) is 3.64. The zero-order chi connectivity index (χ0) is 10.4. The maximum absolute atomic E-state index is 11.3. The topological polar surface area (TPSA) is 47.0 Å². The molecular weight excluding hydrogens is 242 g/mol. The van der Waals surface area contributed by atoms with E-state index in [0.717, 1.165) is 9.88 Å². The van der Waals surface area contributed by atoms with Crippen LogP contribution in [0.25, 0.3) is 0 Å². The van der Waals surface area contributed by atoms with Crippen LogP contribution in [0.5, 0.6) is 0 Å². The van der Waals surface area contributed by atoms with Crippen LogP contribution in [0.1, 0.15) is 22.7 Å². The number of halogens is 1. The molecule has 0 spiro atoms. The number of hydrogen-bond acceptors (Lipinski definition) is 4. The smallest absolute Gasteiger partial charge is 0.238 e. The molecule has 1 aromatic rings. The number of hydrogen-bond donors (Lipinski definition) is 0. The van der Waals surface area contributed by atoms with Crippen LogP contribution in [-0.2, 0) is 15.5 Å². The summed E-state index contributed by atoms with van der Waals surface area (Å²) < 4.78 is 21.9. The van der Waals surface area contributed by atoms with Crippen molar-refractivity contribution in [3.05, 3.63) is 16.1 Å². The second kappa shape index (κ2) is 3.18. The molecule has 78 valence electrons. The van der Waals surface area contributed by atoms with Gasteiger partial charge in [-0.05, 0) is 19.8 Å². The lowest BCUT2D eigenvalue weighted by molar-refractivity contribution is 0.590. The molecule has 1 aliphatic rings. The Labute approximate surface area is 91.5 Å². The van der Waals surface area contributed by atoms with E-state index < -0.39 is 13.8 Å². The van der Waals surface area contributed by atoms with E-state index in [0.29, 0.717) is 19.3 Å². The molecule has 1 fully saturated rings. The van der Waals surface area contributed by atoms with Crippen molar-refractivity contribution in [2.24, 2.45) is 0 Å². The third kappa shape index (κ3) is 1.81. The third-order valence-corrected chi connectivity index (χ3v) is 5.97. The standard InChI is InChI=1S/C8H10ClNO2S2/c1-6-10-5-7(13-6)4-8(2-3-8)14(9,11)12/h5H,2-4H2,1H3. The summed E-state index contributed by atoms with van der Waals surface area (Å²) in [6.45, 7) is 1.91. The molecule has 1 heterocycles. The maximum atomic E-state index is 11.3. The molecule has 0 N–H and O–H groups in total. The van der Waals surface area contributed by atoms with Gasteiger partial charge in [-0.2, -0.15) is 0 Å². The third-order valence-electron chi connectivity index (χ3n) is 2.49. The van der Waals surface area contributed by atoms with Gasteiger partial charge in [-0.25, -0.2) is 13.4 Å². The van der Waals surface area contributed by atoms with Gasteiger partial charge in [0.15, 0.2) is 0 Å². The molecule has 1 saturated carbocycles. The lowest BCUT2D eigenvalue weighted by Crippen LogP contribution is -2.20. The highest BCUT2D eigenvalue weighted by atomic mass is 35.7. The predicted octanol–water partition coefficient (Wildman–Crippen LogP) is 2.10. The van der Waals surface area contributed by atoms with Gasteiger partial charge < -0.3 is 0 Å². The van der Waals surface area contributed by atoms with Crippen LogP contribution in [0.15, 0.2) is 6.20 Å². The Kier molecular flexibility index (Phi) is 2.36. The van der Waals surface area contributed by atoms with E-state index in [4.69, 9.17) is 10.7 Å². The molecule has 2 rings (SSSR count). The fourth-order valence-corrected chi connectivity index (χ4v) is 4.03. The van der Waals surface area contributed by atoms with Crippen molar-refractivity contribution < 1.29 is 8.42 Å². The summed E-state index contributed by atoms with van der Waals surface area (Å²) >= 11 is 1.54. The quantitative estimate of drug-likeness (QED) is 0.773. The second-order valence-corrected chi connectivity index (χ2v) is 7.92. The highest BCUT2D eigenvalue weighted by Crippen LogP contribution is 2.48. The van der Waals surface area contributed by atoms with Gasteiger partial charge in [-0.15, -0.1) is 11.3 Å². The van der Waals surface area contributed by atoms with Gasteiger partial charge >= 0.3 is 0 Å². The monoisotopic (exact) mass is 251 g/mol. The Hall–Kier alpha value is -0.130. The van der Waals surface area contributed by atoms with Gasteiger partial charge in [0.1, 0.15) is 0 Å². The molecule has 1 aliphatic carbocycles. The van der Waals surface area contributed by atoms with Crippen LogP contribution in [0, 0.1) is 6.92 Å². The van der Waals surface area contributed by atoms with E-state index in [-0.39, 0.29) is 0 Å². The van der Waals surface area contributed by atoms with Gasteiger partial charge in [0.25, 0.3) is 0 Å². The van der Waals surface area contributed by atoms with Crippen LogP contribution < -0.4 is 0 Å². The van der Waals surface area contributed by atoms with E-state index in [1.54, 1.807) is 6.20 Å². The van der Waals surface area contributed by atoms with E-state index in [9.17, 15) is 8.42 Å². The minimum Gasteiger partial charge on any atom is -0.250 e. The fourth-order valence-electron chi connectivity index (χ4n) is 1.45. The molecule has 0 aliphatic heterocycles. The Bertz CT molecular complexity index is 448. The summed E-state index contributed by atoms with van der Waals surface area (Å²) in [5.41, 5.74) is 0. The van der Waals surface area contributed by atoms with Gasteiger partial charge in [0, 0.05) is 28.2 Å². The predicted molar refractivity (Wildman–Crippen MR) is 57.3 cm³/mol. The number of nitrogens with zero attached hydrogens (tertiary/aromatic N) is 1. The first-order valence-corrected chi connectivity index (χ1v) is 7.41. The summed E-state index contributed by atoms with van der Waals surface area (Å²) in [7, 11) is 1.97. The number of thiazole rings is 1. The fraction of sp³-hybridized carbons (Fsp3) is 0.625. The zero-order valence-corrected chi connectivity index (χ0v) is 10.0. The van der Waals surface area contributed by atoms with Crippen molar-refractivity contribution in [2.75, 3.05) is 0 Å². The largest absolute Gasteiger partial charge is 0.250 e. The first-order chi connectivity index (χ1) is 6.43. The minimum absolute atomic E-state index is 0.518. The molecule has 0 atom stereocenters. The van der Waals surface area contributed by atoms with Crippen molar-refractivity contribution in [1.82, 2.24) is 4.98 Å². The molecular formula is C8H10ClNO2S2. The van der Waals surface area contributed by atoms with E-state index in [1.165, 1.54) is 11.3 Å². The highest BCUT2D eigenvalue weighted by molar-refractivity contribution is 8.15. The van der Waals surface area contributed by atoms with Crippen molar-refractivity contribution in [3.63, 3.8) is 0 Å². The van der Waals surface area contributed by atoms with Crippen LogP contribution >= 0.6 is 22.0 Å². The van der Waals surface area contributed by atoms with Crippen LogP contribution in [0.3, 0.4) is 0 Å². The lowest BCUT2D eigenvalue weighted by atomic mass is 10.2. The minimum atomic E-state index is -3.43. The van der Waals surface area contributed by atoms with E-state index >= 15 is 0 Å². The van der Waals surface area contributed by atoms with Crippen LogP contribution in [0.4, 0.5) is 0 Å². The lowest BCUT2D eigenvalue weighted by Gasteiger charge is -2.08. The Balaban J connectivity index is 2.20. The van der Waals surface area contributed by atoms with Gasteiger partial charge in [-0.3, -0.25) is 0 Å². The Morgan fingerprint density at radius 2 is 2.29 bits per heavy atom. The van der Waals surface area contributed by atoms with Gasteiger partial charge in [-0.1, -0.05) is 0 Å². The highest BCUT2D eigenvalue weighted by Gasteiger charge is 2.53. The molecule has 0 unspecified atom stereocenters. The summed E-state index contributed by atoms with van der Waals surface area (Å²) in [6.07, 6.45) is 3.61. The number of rotatable bonds is 3. The molecule has 0 aromatic carbocycles. The van der Waals surface area contributed by atoms with Crippen molar-refractivity contribution in [2.45, 2.75) is 30.9 Å². The van der Waals surface area contributed by atoms with Crippen molar-refractivity contribution in [3.8, 4) is 0 Å². The molecule has 6 heteroatoms. The molecule has 0 saturated heterocycles. The molecule has 0 radical (unpaired) electrons. The summed E-state index contributed by atoms with van der Waals surface area (Å²) in [6, 6.07) is 0. The zero-order valence-electron chi connectivity index (χ0n) is 7.66. The molecule has 3 nitrogen and oxygen atoms in total. The molecule has 0 bridgehead atoms. The van der Waals surface area contributed by atoms with Crippen molar-refractivity contribution in [1.29, 1.82) is 0 Å². The van der Waals surface area contributed by atoms with Crippen LogP contribution in [0.2, 0.25) is 0 Å². The SMILES string of the molecule is Cc1ncc(CC2(S(=O)(=O)Cl)CC2)s1. The number of aromatic nitrogens is 1. The first kappa shape index (κ1) is 10.4.